The predicted octanol–water partition coefficient (Wildman–Crippen LogP) is 0.769. The quantitative estimate of drug-likeness (QED) is 0.807. The highest BCUT2D eigenvalue weighted by Gasteiger charge is 2.49. The van der Waals surface area contributed by atoms with E-state index < -0.39 is 0 Å². The van der Waals surface area contributed by atoms with Gasteiger partial charge in [0.25, 0.3) is 0 Å². The maximum atomic E-state index is 11.0. The number of carbonyl (C=O) groups excluding carboxylic acids is 1. The largest absolute Gasteiger partial charge is 0.354 e. The van der Waals surface area contributed by atoms with Crippen LogP contribution in [0.5, 0.6) is 0 Å². The van der Waals surface area contributed by atoms with Gasteiger partial charge in [-0.25, -0.2) is 9.97 Å². The molecule has 0 radical (unpaired) electrons. The molecule has 6 nitrogen and oxygen atoms in total. The molecule has 2 saturated heterocycles. The van der Waals surface area contributed by atoms with Gasteiger partial charge in [-0.3, -0.25) is 4.79 Å². The summed E-state index contributed by atoms with van der Waals surface area (Å²) < 4.78 is 0. The zero-order valence-corrected chi connectivity index (χ0v) is 10.5. The highest BCUT2D eigenvalue weighted by molar-refractivity contribution is 5.87. The molecule has 0 unspecified atom stereocenters. The Bertz CT molecular complexity index is 639. The van der Waals surface area contributed by atoms with E-state index in [4.69, 9.17) is 0 Å². The van der Waals surface area contributed by atoms with Crippen molar-refractivity contribution in [1.29, 1.82) is 0 Å². The fraction of sp³-hybridized carbons (Fsp3) is 0.462. The lowest BCUT2D eigenvalue weighted by molar-refractivity contribution is -0.131. The molecule has 0 saturated carbocycles. The lowest BCUT2D eigenvalue weighted by atomic mass is 9.84. The summed E-state index contributed by atoms with van der Waals surface area (Å²) in [6.07, 6.45) is 6.59. The molecule has 4 rings (SSSR count). The van der Waals surface area contributed by atoms with Gasteiger partial charge in [-0.1, -0.05) is 0 Å². The smallest absolute Gasteiger partial charge is 0.210 e. The Hall–Kier alpha value is -2.11. The topological polar surface area (TPSA) is 65.1 Å². The van der Waals surface area contributed by atoms with Crippen molar-refractivity contribution in [3.63, 3.8) is 0 Å². The van der Waals surface area contributed by atoms with E-state index in [0.29, 0.717) is 0 Å². The molecule has 2 fully saturated rings. The lowest BCUT2D eigenvalue weighted by Gasteiger charge is -2.48. The Morgan fingerprint density at radius 2 is 2.21 bits per heavy atom. The minimum atomic E-state index is 0.0509. The van der Waals surface area contributed by atoms with Crippen molar-refractivity contribution in [1.82, 2.24) is 19.9 Å². The van der Waals surface area contributed by atoms with Crippen molar-refractivity contribution in [3.8, 4) is 0 Å². The second-order valence-electron chi connectivity index (χ2n) is 5.38. The Morgan fingerprint density at radius 1 is 1.32 bits per heavy atom. The number of nitrogens with zero attached hydrogens (tertiary/aromatic N) is 4. The van der Waals surface area contributed by atoms with Gasteiger partial charge in [0.05, 0.1) is 10.9 Å². The second kappa shape index (κ2) is 3.69. The average Bonchev–Trinajstić information content (AvgIpc) is 3.05. The van der Waals surface area contributed by atoms with E-state index in [1.54, 1.807) is 6.33 Å². The molecule has 1 spiro atoms. The molecule has 2 aromatic rings. The van der Waals surface area contributed by atoms with Crippen LogP contribution in [0.15, 0.2) is 18.6 Å². The van der Waals surface area contributed by atoms with Crippen LogP contribution in [0.4, 0.5) is 5.82 Å². The van der Waals surface area contributed by atoms with E-state index in [1.807, 2.05) is 17.2 Å². The molecule has 0 bridgehead atoms. The molecule has 1 N–H and O–H groups in total. The molecular formula is C13H15N5O. The normalized spacial score (nSPS) is 26.1. The second-order valence-corrected chi connectivity index (χ2v) is 5.38. The van der Waals surface area contributed by atoms with Gasteiger partial charge in [0.1, 0.15) is 17.8 Å². The number of aromatic amines is 1. The number of anilines is 1. The minimum Gasteiger partial charge on any atom is -0.354 e. The van der Waals surface area contributed by atoms with Crippen LogP contribution in [0.25, 0.3) is 11.0 Å². The monoisotopic (exact) mass is 257 g/mol. The van der Waals surface area contributed by atoms with E-state index in [-0.39, 0.29) is 5.54 Å². The zero-order valence-electron chi connectivity index (χ0n) is 10.5. The van der Waals surface area contributed by atoms with Crippen LogP contribution in [-0.4, -0.2) is 51.4 Å². The van der Waals surface area contributed by atoms with Gasteiger partial charge >= 0.3 is 0 Å². The van der Waals surface area contributed by atoms with Crippen molar-refractivity contribution >= 4 is 23.3 Å². The Labute approximate surface area is 110 Å². The molecule has 4 heterocycles. The molecule has 0 aromatic carbocycles. The van der Waals surface area contributed by atoms with Crippen LogP contribution in [0.2, 0.25) is 0 Å². The molecule has 1 atom stereocenters. The summed E-state index contributed by atoms with van der Waals surface area (Å²) in [4.78, 5) is 27.0. The first-order valence-electron chi connectivity index (χ1n) is 6.57. The van der Waals surface area contributed by atoms with Crippen LogP contribution < -0.4 is 4.90 Å². The number of nitrogens with one attached hydrogen (secondary N) is 1. The van der Waals surface area contributed by atoms with E-state index in [1.165, 1.54) is 0 Å². The van der Waals surface area contributed by atoms with E-state index in [2.05, 4.69) is 19.9 Å². The van der Waals surface area contributed by atoms with Crippen LogP contribution in [-0.2, 0) is 4.79 Å². The number of fused-ring (bicyclic) bond motifs is 1. The highest BCUT2D eigenvalue weighted by Crippen LogP contribution is 2.40. The summed E-state index contributed by atoms with van der Waals surface area (Å²) in [6.45, 7) is 2.71. The summed E-state index contributed by atoms with van der Waals surface area (Å²) >= 11 is 0. The third-order valence-electron chi connectivity index (χ3n) is 4.52. The van der Waals surface area contributed by atoms with Gasteiger partial charge in [-0.2, -0.15) is 0 Å². The number of H-pyrrole nitrogens is 1. The summed E-state index contributed by atoms with van der Waals surface area (Å²) in [6, 6.07) is 2.01. The van der Waals surface area contributed by atoms with Crippen LogP contribution in [0.3, 0.4) is 0 Å². The molecule has 2 aliphatic heterocycles. The first kappa shape index (κ1) is 10.8. The van der Waals surface area contributed by atoms with Gasteiger partial charge in [-0.05, 0) is 18.9 Å². The molecule has 6 heteroatoms. The molecule has 98 valence electrons. The highest BCUT2D eigenvalue weighted by atomic mass is 16.1. The number of amides is 1. The van der Waals surface area contributed by atoms with Crippen molar-refractivity contribution in [2.45, 2.75) is 18.4 Å². The first-order valence-corrected chi connectivity index (χ1v) is 6.57. The third-order valence-corrected chi connectivity index (χ3v) is 4.52. The summed E-state index contributed by atoms with van der Waals surface area (Å²) in [5.74, 6) is 0.973. The van der Waals surface area contributed by atoms with Crippen LogP contribution in [0, 0.1) is 0 Å². The fourth-order valence-electron chi connectivity index (χ4n) is 3.31. The lowest BCUT2D eigenvalue weighted by Crippen LogP contribution is -2.60. The number of likely N-dealkylation sites (tertiary alicyclic amines) is 1. The zero-order chi connectivity index (χ0) is 12.9. The molecular weight excluding hydrogens is 242 g/mol. The number of carbonyl (C=O) groups is 1. The number of hydrogen-bond donors (Lipinski definition) is 1. The summed E-state index contributed by atoms with van der Waals surface area (Å²) in [5.41, 5.74) is 0.918. The summed E-state index contributed by atoms with van der Waals surface area (Å²) in [5, 5.41) is 1.05. The predicted molar refractivity (Wildman–Crippen MR) is 70.8 cm³/mol. The van der Waals surface area contributed by atoms with E-state index in [9.17, 15) is 4.79 Å². The number of aromatic nitrogens is 3. The van der Waals surface area contributed by atoms with Crippen molar-refractivity contribution in [3.05, 3.63) is 18.6 Å². The SMILES string of the molecule is O=CN1CC[C@@]12CCN(c1ncnc3[nH]ccc13)C2. The fourth-order valence-corrected chi connectivity index (χ4v) is 3.31. The number of hydrogen-bond acceptors (Lipinski definition) is 4. The Morgan fingerprint density at radius 3 is 3.00 bits per heavy atom. The third kappa shape index (κ3) is 1.39. The summed E-state index contributed by atoms with van der Waals surface area (Å²) in [7, 11) is 0. The van der Waals surface area contributed by atoms with E-state index in [0.717, 1.165) is 55.7 Å². The molecule has 0 aliphatic carbocycles. The molecule has 2 aromatic heterocycles. The van der Waals surface area contributed by atoms with Crippen LogP contribution in [0.1, 0.15) is 12.8 Å². The molecule has 2 aliphatic rings. The molecule has 1 amide bonds. The van der Waals surface area contributed by atoms with Crippen molar-refractivity contribution < 1.29 is 4.79 Å². The van der Waals surface area contributed by atoms with Gasteiger partial charge in [0, 0.05) is 25.8 Å². The maximum Gasteiger partial charge on any atom is 0.210 e. The maximum absolute atomic E-state index is 11.0. The Kier molecular flexibility index (Phi) is 2.09. The van der Waals surface area contributed by atoms with Gasteiger partial charge in [0.2, 0.25) is 6.41 Å². The van der Waals surface area contributed by atoms with Crippen molar-refractivity contribution in [2.75, 3.05) is 24.5 Å². The molecule has 19 heavy (non-hydrogen) atoms. The van der Waals surface area contributed by atoms with Crippen LogP contribution >= 0.6 is 0 Å². The van der Waals surface area contributed by atoms with Crippen molar-refractivity contribution in [2.24, 2.45) is 0 Å². The minimum absolute atomic E-state index is 0.0509. The standard InChI is InChI=1S/C13H15N5O/c19-9-18-6-3-13(18)2-5-17(7-13)12-10-1-4-14-11(10)15-8-16-12/h1,4,8-9H,2-3,5-7H2,(H,14,15,16)/t13-/m1/s1. The number of rotatable bonds is 2. The van der Waals surface area contributed by atoms with Gasteiger partial charge in [-0.15, -0.1) is 0 Å². The first-order chi connectivity index (χ1) is 9.32. The van der Waals surface area contributed by atoms with Gasteiger partial charge in [0.15, 0.2) is 0 Å². The van der Waals surface area contributed by atoms with Gasteiger partial charge < -0.3 is 14.8 Å². The average molecular weight is 257 g/mol. The van der Waals surface area contributed by atoms with E-state index >= 15 is 0 Å². The Balaban J connectivity index is 1.68.